The number of Topliss-reactive ketones (excluding diaryl/α,β-unsaturated/α-hetero) is 1. The molecule has 2 N–H and O–H groups in total. The van der Waals surface area contributed by atoms with Crippen molar-refractivity contribution in [1.29, 1.82) is 0 Å². The average molecular weight is 467 g/mol. The molecule has 0 saturated heterocycles. The van der Waals surface area contributed by atoms with Crippen LogP contribution < -0.4 is 15.2 Å². The van der Waals surface area contributed by atoms with Gasteiger partial charge < -0.3 is 15.2 Å². The predicted octanol–water partition coefficient (Wildman–Crippen LogP) is 3.56. The highest BCUT2D eigenvalue weighted by molar-refractivity contribution is 8.14. The highest BCUT2D eigenvalue weighted by Crippen LogP contribution is 2.42. The Morgan fingerprint density at radius 1 is 1.15 bits per heavy atom. The van der Waals surface area contributed by atoms with Gasteiger partial charge in [-0.15, -0.1) is 0 Å². The summed E-state index contributed by atoms with van der Waals surface area (Å²) in [4.78, 5) is 25.7. The van der Waals surface area contributed by atoms with Gasteiger partial charge >= 0.3 is 0 Å². The van der Waals surface area contributed by atoms with Crippen molar-refractivity contribution in [3.63, 3.8) is 0 Å². The first-order chi connectivity index (χ1) is 16.0. The zero-order valence-electron chi connectivity index (χ0n) is 18.0. The zero-order valence-corrected chi connectivity index (χ0v) is 18.8. The van der Waals surface area contributed by atoms with Crippen molar-refractivity contribution in [3.8, 4) is 11.6 Å². The summed E-state index contributed by atoms with van der Waals surface area (Å²) >= 11 is 1.50. The second-order valence-electron chi connectivity index (χ2n) is 7.41. The second-order valence-corrected chi connectivity index (χ2v) is 8.40. The molecule has 2 aromatic carbocycles. The lowest BCUT2D eigenvalue weighted by molar-refractivity contribution is 0.0987. The molecule has 3 aromatic rings. The number of thioether (sulfide) groups is 1. The molecule has 0 spiro atoms. The van der Waals surface area contributed by atoms with Crippen molar-refractivity contribution in [3.05, 3.63) is 83.3 Å². The van der Waals surface area contributed by atoms with Crippen LogP contribution in [0.25, 0.3) is 0 Å². The number of methoxy groups -OCH3 is 1. The van der Waals surface area contributed by atoms with E-state index in [9.17, 15) is 9.18 Å². The maximum atomic E-state index is 12.8. The number of hydrogen-bond acceptors (Lipinski definition) is 8. The van der Waals surface area contributed by atoms with Gasteiger partial charge in [-0.1, -0.05) is 48.2 Å². The third-order valence-electron chi connectivity index (χ3n) is 5.31. The van der Waals surface area contributed by atoms with E-state index in [-0.39, 0.29) is 30.4 Å². The lowest BCUT2D eigenvalue weighted by Crippen LogP contribution is -2.26. The average Bonchev–Trinajstić information content (AvgIpc) is 3.26. The van der Waals surface area contributed by atoms with Crippen molar-refractivity contribution in [2.45, 2.75) is 12.0 Å². The van der Waals surface area contributed by atoms with Crippen LogP contribution in [-0.2, 0) is 12.0 Å². The summed E-state index contributed by atoms with van der Waals surface area (Å²) in [7, 11) is 1.63. The van der Waals surface area contributed by atoms with Gasteiger partial charge in [0.2, 0.25) is 5.88 Å². The van der Waals surface area contributed by atoms with Crippen LogP contribution in [-0.4, -0.2) is 47.1 Å². The van der Waals surface area contributed by atoms with Crippen molar-refractivity contribution in [2.75, 3.05) is 26.1 Å². The molecule has 0 fully saturated rings. The minimum Gasteiger partial charge on any atom is -0.497 e. The first kappa shape index (κ1) is 22.7. The molecule has 9 heteroatoms. The van der Waals surface area contributed by atoms with Crippen LogP contribution in [0.4, 0.5) is 4.39 Å². The molecule has 0 amide bonds. The van der Waals surface area contributed by atoms with E-state index < -0.39 is 12.2 Å². The van der Waals surface area contributed by atoms with Crippen LogP contribution in [0.1, 0.15) is 27.2 Å². The Kier molecular flexibility index (Phi) is 6.88. The fraction of sp³-hybridized carbons (Fsp3) is 0.250. The van der Waals surface area contributed by atoms with Gasteiger partial charge in [0.15, 0.2) is 11.0 Å². The van der Waals surface area contributed by atoms with E-state index in [0.717, 1.165) is 22.4 Å². The standard InChI is InChI=1S/C24H23FN4O3S/c1-31-19-7-5-17(6-8-19)24(15-33-23(26)29-24)18-4-2-3-16(11-18)12-21(30)20-13-28-22(14-27-20)32-10-9-25/h2-8,11,13-14H,9-10,12,15H2,1H3,(H2,26,29). The molecular weight excluding hydrogens is 443 g/mol. The summed E-state index contributed by atoms with van der Waals surface area (Å²) in [5, 5.41) is 0.526. The Morgan fingerprint density at radius 3 is 2.61 bits per heavy atom. The molecule has 0 radical (unpaired) electrons. The van der Waals surface area contributed by atoms with E-state index in [1.165, 1.54) is 24.2 Å². The quantitative estimate of drug-likeness (QED) is 0.481. The second kappa shape index (κ2) is 9.99. The Morgan fingerprint density at radius 2 is 1.97 bits per heavy atom. The largest absolute Gasteiger partial charge is 0.497 e. The first-order valence-electron chi connectivity index (χ1n) is 10.3. The number of nitrogens with two attached hydrogens (primary N) is 1. The highest BCUT2D eigenvalue weighted by Gasteiger charge is 2.39. The molecule has 1 atom stereocenters. The summed E-state index contributed by atoms with van der Waals surface area (Å²) < 4.78 is 22.6. The monoisotopic (exact) mass is 466 g/mol. The van der Waals surface area contributed by atoms with Gasteiger partial charge in [-0.25, -0.2) is 19.4 Å². The van der Waals surface area contributed by atoms with Gasteiger partial charge in [-0.3, -0.25) is 4.79 Å². The number of aliphatic imine (C=N–C) groups is 1. The number of ketones is 1. The smallest absolute Gasteiger partial charge is 0.232 e. The molecule has 2 heterocycles. The Hall–Kier alpha value is -3.46. The Labute approximate surface area is 195 Å². The highest BCUT2D eigenvalue weighted by atomic mass is 32.2. The number of rotatable bonds is 9. The summed E-state index contributed by atoms with van der Waals surface area (Å²) in [6, 6.07) is 15.6. The van der Waals surface area contributed by atoms with E-state index in [4.69, 9.17) is 20.2 Å². The number of carbonyl (C=O) groups excluding carboxylic acids is 1. The lowest BCUT2D eigenvalue weighted by Gasteiger charge is -2.27. The number of hydrogen-bond donors (Lipinski definition) is 1. The van der Waals surface area contributed by atoms with Crippen molar-refractivity contribution in [1.82, 2.24) is 9.97 Å². The van der Waals surface area contributed by atoms with Gasteiger partial charge in [0, 0.05) is 12.2 Å². The minimum atomic E-state index is -0.644. The SMILES string of the molecule is COc1ccc(C2(c3cccc(CC(=O)c4cnc(OCCF)cn4)c3)CSC(N)=N2)cc1. The van der Waals surface area contributed by atoms with E-state index in [1.807, 2.05) is 48.5 Å². The minimum absolute atomic E-state index is 0.101. The molecule has 1 aromatic heterocycles. The van der Waals surface area contributed by atoms with Gasteiger partial charge in [0.1, 0.15) is 30.3 Å². The van der Waals surface area contributed by atoms with E-state index in [1.54, 1.807) is 7.11 Å². The molecule has 7 nitrogen and oxygen atoms in total. The molecular formula is C24H23FN4O3S. The van der Waals surface area contributed by atoms with Crippen LogP contribution >= 0.6 is 11.8 Å². The number of carbonyl (C=O) groups is 1. The molecule has 1 unspecified atom stereocenters. The number of benzene rings is 2. The summed E-state index contributed by atoms with van der Waals surface area (Å²) in [6.07, 6.45) is 2.82. The van der Waals surface area contributed by atoms with Gasteiger partial charge in [0.25, 0.3) is 0 Å². The number of aromatic nitrogens is 2. The van der Waals surface area contributed by atoms with Crippen molar-refractivity contribution in [2.24, 2.45) is 10.7 Å². The van der Waals surface area contributed by atoms with Crippen LogP contribution in [0.3, 0.4) is 0 Å². The number of ether oxygens (including phenoxy) is 2. The normalized spacial score (nSPS) is 17.5. The summed E-state index contributed by atoms with van der Waals surface area (Å²) in [5.74, 6) is 1.42. The first-order valence-corrected chi connectivity index (χ1v) is 11.3. The van der Waals surface area contributed by atoms with E-state index in [0.29, 0.717) is 10.9 Å². The third-order valence-corrected chi connectivity index (χ3v) is 6.26. The fourth-order valence-electron chi connectivity index (χ4n) is 3.65. The third kappa shape index (κ3) is 4.98. The Bertz CT molecular complexity index is 1160. The maximum absolute atomic E-state index is 12.8. The van der Waals surface area contributed by atoms with Gasteiger partial charge in [-0.05, 0) is 28.8 Å². The molecule has 0 saturated carbocycles. The molecule has 1 aliphatic rings. The Balaban J connectivity index is 1.58. The molecule has 1 aliphatic heterocycles. The fourth-order valence-corrected chi connectivity index (χ4v) is 4.63. The molecule has 33 heavy (non-hydrogen) atoms. The summed E-state index contributed by atoms with van der Waals surface area (Å²) in [6.45, 7) is -0.721. The van der Waals surface area contributed by atoms with Crippen molar-refractivity contribution < 1.29 is 18.7 Å². The predicted molar refractivity (Wildman–Crippen MR) is 126 cm³/mol. The molecule has 170 valence electrons. The topological polar surface area (TPSA) is 99.7 Å². The van der Waals surface area contributed by atoms with Crippen LogP contribution in [0.15, 0.2) is 65.9 Å². The van der Waals surface area contributed by atoms with Crippen LogP contribution in [0.5, 0.6) is 11.6 Å². The van der Waals surface area contributed by atoms with E-state index in [2.05, 4.69) is 9.97 Å². The van der Waals surface area contributed by atoms with Crippen LogP contribution in [0.2, 0.25) is 0 Å². The molecule has 0 bridgehead atoms. The number of alkyl halides is 1. The number of halogens is 1. The van der Waals surface area contributed by atoms with Crippen LogP contribution in [0, 0.1) is 0 Å². The van der Waals surface area contributed by atoms with Gasteiger partial charge in [-0.2, -0.15) is 0 Å². The lowest BCUT2D eigenvalue weighted by atomic mass is 9.84. The molecule has 4 rings (SSSR count). The van der Waals surface area contributed by atoms with Crippen molar-refractivity contribution >= 4 is 22.7 Å². The molecule has 0 aliphatic carbocycles. The van der Waals surface area contributed by atoms with Gasteiger partial charge in [0.05, 0.1) is 19.5 Å². The number of nitrogens with zero attached hydrogens (tertiary/aromatic N) is 3. The number of amidine groups is 1. The summed E-state index contributed by atoms with van der Waals surface area (Å²) in [5.41, 5.74) is 8.42. The maximum Gasteiger partial charge on any atom is 0.232 e. The zero-order chi connectivity index (χ0) is 23.3. The van der Waals surface area contributed by atoms with E-state index >= 15 is 0 Å².